The van der Waals surface area contributed by atoms with E-state index in [1.54, 1.807) is 24.3 Å². The zero-order valence-electron chi connectivity index (χ0n) is 27.8. The van der Waals surface area contributed by atoms with Crippen molar-refractivity contribution in [2.24, 2.45) is 0 Å². The molecular weight excluding hydrogens is 699 g/mol. The number of carbonyl (C=O) groups is 2. The number of hydrogen-bond acceptors (Lipinski definition) is 14. The molecule has 0 aliphatic carbocycles. The summed E-state index contributed by atoms with van der Waals surface area (Å²) in [6.45, 7) is 0.981. The van der Waals surface area contributed by atoms with Crippen molar-refractivity contribution in [1.82, 2.24) is 0 Å². The van der Waals surface area contributed by atoms with Crippen molar-refractivity contribution in [2.45, 2.75) is 50.5 Å². The number of aromatic hydroxyl groups is 4. The largest absolute Gasteiger partial charge is 0.508 e. The fourth-order valence-electron chi connectivity index (χ4n) is 5.77. The highest BCUT2D eigenvalue weighted by Gasteiger charge is 2.51. The molecule has 0 saturated carbocycles. The van der Waals surface area contributed by atoms with E-state index in [2.05, 4.69) is 0 Å². The van der Waals surface area contributed by atoms with Gasteiger partial charge in [-0.3, -0.25) is 14.4 Å². The Balaban J connectivity index is 1.44. The summed E-state index contributed by atoms with van der Waals surface area (Å²) in [5, 5.41) is 61.9. The standard InChI is InChI=1S/C38H33FO14/c1-18-2-4-19(5-3-18)12-30(46)52-37-35(51-29(45)13-20-6-9-22(39)10-7-20)32(47)28(17-40)50-38(37)53-36-33(48)31-26(44)15-23(41)16-27(31)49-34(36)21-8-11-24(42)25(43)14-21/h2-11,14-16,28,32,35,37-38,40-44,47H,12-13,17H2,1H3/t28?,32-,35+,37?,38+/m1/s1. The van der Waals surface area contributed by atoms with Crippen LogP contribution in [0.15, 0.2) is 88.1 Å². The molecule has 1 fully saturated rings. The van der Waals surface area contributed by atoms with Crippen molar-refractivity contribution in [3.05, 3.63) is 112 Å². The first-order valence-electron chi connectivity index (χ1n) is 16.2. The number of esters is 2. The summed E-state index contributed by atoms with van der Waals surface area (Å²) in [6.07, 6.45) is -9.60. The summed E-state index contributed by atoms with van der Waals surface area (Å²) in [7, 11) is 0. The predicted octanol–water partition coefficient (Wildman–Crippen LogP) is 3.50. The quantitative estimate of drug-likeness (QED) is 0.0894. The Bertz CT molecular complexity index is 2200. The molecular formula is C38H33FO14. The van der Waals surface area contributed by atoms with Crippen molar-refractivity contribution in [3.63, 3.8) is 0 Å². The van der Waals surface area contributed by atoms with Crippen molar-refractivity contribution < 1.29 is 68.0 Å². The lowest BCUT2D eigenvalue weighted by Gasteiger charge is -2.42. The van der Waals surface area contributed by atoms with E-state index in [9.17, 15) is 49.4 Å². The number of aliphatic hydroxyl groups is 2. The summed E-state index contributed by atoms with van der Waals surface area (Å²) < 4.78 is 42.7. The summed E-state index contributed by atoms with van der Waals surface area (Å²) in [5.41, 5.74) is 0.397. The van der Waals surface area contributed by atoms with Gasteiger partial charge in [0.05, 0.1) is 19.4 Å². The molecule has 53 heavy (non-hydrogen) atoms. The third-order valence-electron chi connectivity index (χ3n) is 8.45. The number of ether oxygens (including phenoxy) is 4. The molecule has 4 aromatic carbocycles. The Hall–Kier alpha value is -6.16. The van der Waals surface area contributed by atoms with Gasteiger partial charge >= 0.3 is 11.9 Å². The fourth-order valence-corrected chi connectivity index (χ4v) is 5.77. The highest BCUT2D eigenvalue weighted by molar-refractivity contribution is 5.88. The van der Waals surface area contributed by atoms with Gasteiger partial charge in [0, 0.05) is 17.7 Å². The molecule has 0 bridgehead atoms. The van der Waals surface area contributed by atoms with Crippen molar-refractivity contribution in [3.8, 4) is 40.1 Å². The van der Waals surface area contributed by atoms with Gasteiger partial charge in [-0.05, 0) is 48.4 Å². The Kier molecular flexibility index (Phi) is 10.5. The molecule has 1 saturated heterocycles. The summed E-state index contributed by atoms with van der Waals surface area (Å²) in [4.78, 5) is 40.7. The molecule has 14 nitrogen and oxygen atoms in total. The van der Waals surface area contributed by atoms with Crippen LogP contribution < -0.4 is 10.2 Å². The van der Waals surface area contributed by atoms with Crippen LogP contribution in [0.3, 0.4) is 0 Å². The zero-order chi connectivity index (χ0) is 38.0. The number of benzene rings is 4. The molecule has 2 unspecified atom stereocenters. The molecule has 0 radical (unpaired) electrons. The van der Waals surface area contributed by atoms with Crippen LogP contribution in [0.5, 0.6) is 28.7 Å². The number of phenolic OH excluding ortho intramolecular Hbond substituents is 4. The molecule has 1 aromatic heterocycles. The van der Waals surface area contributed by atoms with Crippen LogP contribution in [0, 0.1) is 12.7 Å². The monoisotopic (exact) mass is 732 g/mol. The number of aryl methyl sites for hydroxylation is 1. The Labute approximate surface area is 299 Å². The zero-order valence-corrected chi connectivity index (χ0v) is 27.8. The third kappa shape index (κ3) is 8.02. The van der Waals surface area contributed by atoms with Gasteiger partial charge in [0.25, 0.3) is 0 Å². The summed E-state index contributed by atoms with van der Waals surface area (Å²) in [5.74, 6) is -5.84. The fraction of sp³-hybridized carbons (Fsp3) is 0.237. The van der Waals surface area contributed by atoms with Crippen LogP contribution in [0.4, 0.5) is 4.39 Å². The molecule has 6 N–H and O–H groups in total. The van der Waals surface area contributed by atoms with Crippen LogP contribution in [0.25, 0.3) is 22.3 Å². The Morgan fingerprint density at radius 1 is 0.792 bits per heavy atom. The molecule has 5 aromatic rings. The van der Waals surface area contributed by atoms with Gasteiger partial charge < -0.3 is 54.0 Å². The lowest BCUT2D eigenvalue weighted by molar-refractivity contribution is -0.285. The third-order valence-corrected chi connectivity index (χ3v) is 8.45. The molecule has 1 aliphatic rings. The number of rotatable bonds is 10. The van der Waals surface area contributed by atoms with Crippen molar-refractivity contribution in [1.29, 1.82) is 0 Å². The SMILES string of the molecule is Cc1ccc(CC(=O)OC2[C@H](Oc3c(-c4ccc(O)c(O)c4)oc4cc(O)cc(O)c4c3=O)OC(CO)[C@@H](O)[C@@H]2OC(=O)Cc2ccc(F)cc2)cc1. The molecule has 0 spiro atoms. The minimum atomic E-state index is -1.93. The predicted molar refractivity (Wildman–Crippen MR) is 182 cm³/mol. The minimum absolute atomic E-state index is 0.0538. The van der Waals surface area contributed by atoms with Crippen LogP contribution in [0.1, 0.15) is 16.7 Å². The molecule has 1 aliphatic heterocycles. The average Bonchev–Trinajstić information content (AvgIpc) is 3.11. The maximum atomic E-state index is 14.1. The van der Waals surface area contributed by atoms with Crippen LogP contribution in [-0.2, 0) is 36.6 Å². The van der Waals surface area contributed by atoms with E-state index in [1.165, 1.54) is 18.2 Å². The van der Waals surface area contributed by atoms with E-state index in [-0.39, 0.29) is 17.6 Å². The average molecular weight is 733 g/mol. The number of halogens is 1. The summed E-state index contributed by atoms with van der Waals surface area (Å²) in [6, 6.07) is 17.1. The van der Waals surface area contributed by atoms with Gasteiger partial charge in [-0.25, -0.2) is 4.39 Å². The van der Waals surface area contributed by atoms with E-state index in [1.807, 2.05) is 6.92 Å². The number of aliphatic hydroxyl groups excluding tert-OH is 2. The second kappa shape index (κ2) is 15.2. The van der Waals surface area contributed by atoms with E-state index >= 15 is 0 Å². The first-order valence-corrected chi connectivity index (χ1v) is 16.2. The first-order chi connectivity index (χ1) is 25.3. The van der Waals surface area contributed by atoms with Crippen molar-refractivity contribution in [2.75, 3.05) is 6.61 Å². The lowest BCUT2D eigenvalue weighted by Crippen LogP contribution is -2.62. The molecule has 276 valence electrons. The van der Waals surface area contributed by atoms with E-state index < -0.39 is 107 Å². The van der Waals surface area contributed by atoms with Gasteiger partial charge in [-0.15, -0.1) is 0 Å². The van der Waals surface area contributed by atoms with Crippen LogP contribution in [0.2, 0.25) is 0 Å². The van der Waals surface area contributed by atoms with Gasteiger partial charge in [-0.2, -0.15) is 0 Å². The number of fused-ring (bicyclic) bond motifs is 1. The van der Waals surface area contributed by atoms with Gasteiger partial charge in [0.2, 0.25) is 23.6 Å². The normalized spacial score (nSPS) is 19.8. The smallest absolute Gasteiger partial charge is 0.310 e. The highest BCUT2D eigenvalue weighted by Crippen LogP contribution is 2.40. The topological polar surface area (TPSA) is 223 Å². The lowest BCUT2D eigenvalue weighted by atomic mass is 9.98. The molecule has 5 atom stereocenters. The summed E-state index contributed by atoms with van der Waals surface area (Å²) >= 11 is 0. The van der Waals surface area contributed by atoms with E-state index in [0.29, 0.717) is 11.1 Å². The Morgan fingerprint density at radius 2 is 1.42 bits per heavy atom. The number of hydrogen-bond donors (Lipinski definition) is 6. The molecule has 6 rings (SSSR count). The maximum absolute atomic E-state index is 14.1. The van der Waals surface area contributed by atoms with E-state index in [4.69, 9.17) is 23.4 Å². The van der Waals surface area contributed by atoms with Gasteiger partial charge in [0.1, 0.15) is 40.5 Å². The molecule has 15 heteroatoms. The second-order valence-electron chi connectivity index (χ2n) is 12.3. The second-order valence-corrected chi connectivity index (χ2v) is 12.3. The highest BCUT2D eigenvalue weighted by atomic mass is 19.1. The number of phenols is 4. The molecule has 0 amide bonds. The Morgan fingerprint density at radius 3 is 2.04 bits per heavy atom. The number of carbonyl (C=O) groups excluding carboxylic acids is 2. The minimum Gasteiger partial charge on any atom is -0.508 e. The van der Waals surface area contributed by atoms with E-state index in [0.717, 1.165) is 42.0 Å². The van der Waals surface area contributed by atoms with Gasteiger partial charge in [-0.1, -0.05) is 42.0 Å². The van der Waals surface area contributed by atoms with Crippen molar-refractivity contribution >= 4 is 22.9 Å². The maximum Gasteiger partial charge on any atom is 0.310 e. The van der Waals surface area contributed by atoms with Crippen LogP contribution >= 0.6 is 0 Å². The van der Waals surface area contributed by atoms with Gasteiger partial charge in [0.15, 0.2) is 23.4 Å². The molecule has 2 heterocycles. The van der Waals surface area contributed by atoms with Crippen LogP contribution in [-0.4, -0.2) is 79.9 Å². The first kappa shape index (κ1) is 36.6.